The first-order valence-electron chi connectivity index (χ1n) is 6.37. The van der Waals surface area contributed by atoms with Crippen molar-refractivity contribution in [3.8, 4) is 0 Å². The number of nitrogens with two attached hydrogens (primary N) is 1. The summed E-state index contributed by atoms with van der Waals surface area (Å²) in [4.78, 5) is 17.6. The van der Waals surface area contributed by atoms with Crippen LogP contribution in [0.1, 0.15) is 22.1 Å². The Hall–Kier alpha value is -2.36. The third kappa shape index (κ3) is 3.21. The Bertz CT molecular complexity index is 732. The molecular formula is C12H12ClF3N6O. The van der Waals surface area contributed by atoms with Gasteiger partial charge in [0.1, 0.15) is 11.5 Å². The summed E-state index contributed by atoms with van der Waals surface area (Å²) in [6.45, 7) is 0.0348. The number of nitrogens with zero attached hydrogens (tertiary/aromatic N) is 5. The second-order valence-corrected chi connectivity index (χ2v) is 4.76. The highest BCUT2D eigenvalue weighted by atomic mass is 35.5. The molecule has 124 valence electrons. The first kappa shape index (κ1) is 17.0. The molecule has 0 saturated heterocycles. The van der Waals surface area contributed by atoms with Crippen molar-refractivity contribution in [2.24, 2.45) is 0 Å². The molecule has 1 aliphatic rings. The Labute approximate surface area is 134 Å². The molecule has 0 aliphatic carbocycles. The van der Waals surface area contributed by atoms with Crippen LogP contribution in [0.3, 0.4) is 0 Å². The monoisotopic (exact) mass is 348 g/mol. The minimum atomic E-state index is -4.56. The van der Waals surface area contributed by atoms with Crippen molar-refractivity contribution >= 4 is 24.1 Å². The van der Waals surface area contributed by atoms with Gasteiger partial charge in [0.25, 0.3) is 5.91 Å². The Morgan fingerprint density at radius 2 is 1.96 bits per heavy atom. The van der Waals surface area contributed by atoms with Crippen LogP contribution in [0, 0.1) is 0 Å². The number of aromatic nitrogens is 4. The number of amides is 1. The van der Waals surface area contributed by atoms with Crippen molar-refractivity contribution in [1.82, 2.24) is 24.6 Å². The molecule has 1 amide bonds. The van der Waals surface area contributed by atoms with Crippen molar-refractivity contribution in [2.75, 3.05) is 12.3 Å². The van der Waals surface area contributed by atoms with Crippen molar-refractivity contribution in [3.63, 3.8) is 0 Å². The fourth-order valence-corrected chi connectivity index (χ4v) is 2.27. The third-order valence-corrected chi connectivity index (χ3v) is 3.28. The zero-order chi connectivity index (χ0) is 15.9. The average molecular weight is 349 g/mol. The topological polar surface area (TPSA) is 89.9 Å². The summed E-state index contributed by atoms with van der Waals surface area (Å²) in [5.74, 6) is -1.16. The van der Waals surface area contributed by atoms with E-state index in [-0.39, 0.29) is 49.4 Å². The standard InChI is InChI=1S/C12H11F3N6O.ClH/c13-12(14,15)11-19-18-9-6-20(4-5-21(9)11)10(22)7-2-1-3-8(16)17-7;/h1-3H,4-6H2,(H2,16,17);1H. The van der Waals surface area contributed by atoms with Gasteiger partial charge in [0, 0.05) is 13.1 Å². The fourth-order valence-electron chi connectivity index (χ4n) is 2.27. The lowest BCUT2D eigenvalue weighted by molar-refractivity contribution is -0.147. The second-order valence-electron chi connectivity index (χ2n) is 4.76. The van der Waals surface area contributed by atoms with Crippen molar-refractivity contribution in [2.45, 2.75) is 19.3 Å². The normalized spacial score (nSPS) is 14.1. The molecule has 3 rings (SSSR count). The molecule has 0 spiro atoms. The number of anilines is 1. The number of fused-ring (bicyclic) bond motifs is 1. The molecule has 0 saturated carbocycles. The van der Waals surface area contributed by atoms with E-state index in [2.05, 4.69) is 15.2 Å². The molecule has 0 fully saturated rings. The average Bonchev–Trinajstić information content (AvgIpc) is 2.89. The van der Waals surface area contributed by atoms with Crippen LogP contribution in [0.2, 0.25) is 0 Å². The summed E-state index contributed by atoms with van der Waals surface area (Å²) < 4.78 is 39.2. The lowest BCUT2D eigenvalue weighted by Gasteiger charge is -2.27. The highest BCUT2D eigenvalue weighted by Crippen LogP contribution is 2.29. The molecule has 0 unspecified atom stereocenters. The summed E-state index contributed by atoms with van der Waals surface area (Å²) in [6.07, 6.45) is -4.56. The number of nitrogen functional groups attached to an aromatic ring is 1. The highest BCUT2D eigenvalue weighted by molar-refractivity contribution is 5.92. The van der Waals surface area contributed by atoms with Crippen LogP contribution in [-0.2, 0) is 19.3 Å². The van der Waals surface area contributed by atoms with Gasteiger partial charge in [-0.15, -0.1) is 22.6 Å². The number of rotatable bonds is 1. The molecule has 7 nitrogen and oxygen atoms in total. The lowest BCUT2D eigenvalue weighted by Crippen LogP contribution is -2.39. The lowest BCUT2D eigenvalue weighted by atomic mass is 10.2. The van der Waals surface area contributed by atoms with Gasteiger partial charge in [0.15, 0.2) is 5.82 Å². The quantitative estimate of drug-likeness (QED) is 0.840. The van der Waals surface area contributed by atoms with Crippen LogP contribution < -0.4 is 5.73 Å². The number of hydrogen-bond donors (Lipinski definition) is 1. The number of alkyl halides is 3. The maximum atomic E-state index is 12.7. The largest absolute Gasteiger partial charge is 0.451 e. The van der Waals surface area contributed by atoms with Gasteiger partial charge in [-0.05, 0) is 12.1 Å². The Morgan fingerprint density at radius 1 is 1.22 bits per heavy atom. The van der Waals surface area contributed by atoms with Gasteiger partial charge in [0.05, 0.1) is 6.54 Å². The maximum Gasteiger partial charge on any atom is 0.451 e. The second kappa shape index (κ2) is 6.03. The predicted octanol–water partition coefficient (Wildman–Crippen LogP) is 1.35. The van der Waals surface area contributed by atoms with E-state index in [0.29, 0.717) is 0 Å². The van der Waals surface area contributed by atoms with Crippen LogP contribution in [0.25, 0.3) is 0 Å². The van der Waals surface area contributed by atoms with E-state index in [1.165, 1.54) is 11.0 Å². The van der Waals surface area contributed by atoms with Crippen molar-refractivity contribution < 1.29 is 18.0 Å². The molecule has 2 N–H and O–H groups in total. The van der Waals surface area contributed by atoms with Crippen molar-refractivity contribution in [3.05, 3.63) is 35.5 Å². The molecule has 3 heterocycles. The Balaban J connectivity index is 0.00000192. The van der Waals surface area contributed by atoms with Gasteiger partial charge >= 0.3 is 6.18 Å². The predicted molar refractivity (Wildman–Crippen MR) is 75.7 cm³/mol. The molecule has 0 radical (unpaired) electrons. The van der Waals surface area contributed by atoms with E-state index in [0.717, 1.165) is 4.57 Å². The number of carbonyl (C=O) groups excluding carboxylic acids is 1. The summed E-state index contributed by atoms with van der Waals surface area (Å²) in [5, 5.41) is 6.69. The van der Waals surface area contributed by atoms with Crippen LogP contribution in [-0.4, -0.2) is 37.1 Å². The molecule has 2 aromatic heterocycles. The Morgan fingerprint density at radius 3 is 2.61 bits per heavy atom. The fraction of sp³-hybridized carbons (Fsp3) is 0.333. The highest BCUT2D eigenvalue weighted by Gasteiger charge is 2.40. The molecule has 0 bridgehead atoms. The van der Waals surface area contributed by atoms with Gasteiger partial charge in [-0.2, -0.15) is 13.2 Å². The van der Waals surface area contributed by atoms with Gasteiger partial charge in [-0.3, -0.25) is 4.79 Å². The van der Waals surface area contributed by atoms with E-state index < -0.39 is 17.9 Å². The number of halogens is 4. The van der Waals surface area contributed by atoms with E-state index >= 15 is 0 Å². The van der Waals surface area contributed by atoms with E-state index in [4.69, 9.17) is 5.73 Å². The van der Waals surface area contributed by atoms with E-state index in [9.17, 15) is 18.0 Å². The molecule has 2 aromatic rings. The maximum absolute atomic E-state index is 12.7. The number of hydrogen-bond acceptors (Lipinski definition) is 5. The molecule has 23 heavy (non-hydrogen) atoms. The number of carbonyl (C=O) groups is 1. The Kier molecular flexibility index (Phi) is 4.46. The van der Waals surface area contributed by atoms with Crippen LogP contribution in [0.15, 0.2) is 18.2 Å². The van der Waals surface area contributed by atoms with Gasteiger partial charge in [-0.1, -0.05) is 6.07 Å². The molecule has 0 aromatic carbocycles. The minimum absolute atomic E-state index is 0. The SMILES string of the molecule is Cl.Nc1cccc(C(=O)N2CCn3c(nnc3C(F)(F)F)C2)n1. The van der Waals surface area contributed by atoms with Crippen LogP contribution >= 0.6 is 12.4 Å². The first-order valence-corrected chi connectivity index (χ1v) is 6.37. The third-order valence-electron chi connectivity index (χ3n) is 3.28. The summed E-state index contributed by atoms with van der Waals surface area (Å²) in [6, 6.07) is 4.63. The minimum Gasteiger partial charge on any atom is -0.384 e. The molecule has 0 atom stereocenters. The molecule has 11 heteroatoms. The summed E-state index contributed by atoms with van der Waals surface area (Å²) in [7, 11) is 0. The van der Waals surface area contributed by atoms with Gasteiger partial charge < -0.3 is 15.2 Å². The zero-order valence-corrected chi connectivity index (χ0v) is 12.4. The van der Waals surface area contributed by atoms with Gasteiger partial charge in [0.2, 0.25) is 5.82 Å². The van der Waals surface area contributed by atoms with Crippen molar-refractivity contribution in [1.29, 1.82) is 0 Å². The smallest absolute Gasteiger partial charge is 0.384 e. The van der Waals surface area contributed by atoms with Gasteiger partial charge in [-0.25, -0.2) is 4.98 Å². The van der Waals surface area contributed by atoms with E-state index in [1.54, 1.807) is 12.1 Å². The molecule has 1 aliphatic heterocycles. The molecular weight excluding hydrogens is 337 g/mol. The summed E-state index contributed by atoms with van der Waals surface area (Å²) >= 11 is 0. The summed E-state index contributed by atoms with van der Waals surface area (Å²) in [5.41, 5.74) is 5.66. The van der Waals surface area contributed by atoms with Crippen LogP contribution in [0.4, 0.5) is 19.0 Å². The zero-order valence-electron chi connectivity index (χ0n) is 11.6. The van der Waals surface area contributed by atoms with Crippen LogP contribution in [0.5, 0.6) is 0 Å². The first-order chi connectivity index (χ1) is 10.4. The van der Waals surface area contributed by atoms with E-state index in [1.807, 2.05) is 0 Å². The number of pyridine rings is 1.